The maximum Gasteiger partial charge on any atom is 0.266 e. The van der Waals surface area contributed by atoms with Crippen LogP contribution in [0.2, 0.25) is 5.02 Å². The van der Waals surface area contributed by atoms with E-state index >= 15 is 0 Å². The average Bonchev–Trinajstić information content (AvgIpc) is 3.00. The molecule has 0 spiro atoms. The molecule has 6 heteroatoms. The summed E-state index contributed by atoms with van der Waals surface area (Å²) < 4.78 is 0. The SMILES string of the molecule is CN(CCN(C)C1CCCC1)C(=O)c1c[nH]c(=O)c(Cl)c1. The van der Waals surface area contributed by atoms with Gasteiger partial charge in [-0.3, -0.25) is 9.59 Å². The smallest absolute Gasteiger partial charge is 0.266 e. The second-order valence-corrected chi connectivity index (χ2v) is 6.12. The summed E-state index contributed by atoms with van der Waals surface area (Å²) >= 11 is 5.75. The summed E-state index contributed by atoms with van der Waals surface area (Å²) in [7, 11) is 3.88. The van der Waals surface area contributed by atoms with Crippen LogP contribution < -0.4 is 5.56 Å². The van der Waals surface area contributed by atoms with Crippen molar-refractivity contribution in [3.05, 3.63) is 33.2 Å². The number of hydrogen-bond donors (Lipinski definition) is 1. The van der Waals surface area contributed by atoms with Gasteiger partial charge in [-0.15, -0.1) is 0 Å². The van der Waals surface area contributed by atoms with Gasteiger partial charge in [0.25, 0.3) is 11.5 Å². The highest BCUT2D eigenvalue weighted by Gasteiger charge is 2.20. The summed E-state index contributed by atoms with van der Waals surface area (Å²) in [5, 5.41) is 0.0392. The number of carbonyl (C=O) groups excluding carboxylic acids is 1. The van der Waals surface area contributed by atoms with Crippen molar-refractivity contribution < 1.29 is 4.79 Å². The summed E-state index contributed by atoms with van der Waals surface area (Å²) in [5.74, 6) is -0.132. The molecule has 0 radical (unpaired) electrons. The van der Waals surface area contributed by atoms with Crippen molar-refractivity contribution in [2.24, 2.45) is 0 Å². The number of nitrogens with one attached hydrogen (secondary N) is 1. The molecule has 1 N–H and O–H groups in total. The lowest BCUT2D eigenvalue weighted by atomic mass is 10.2. The molecule has 0 saturated heterocycles. The number of H-pyrrole nitrogens is 1. The van der Waals surface area contributed by atoms with Crippen LogP contribution in [0.25, 0.3) is 0 Å². The summed E-state index contributed by atoms with van der Waals surface area (Å²) in [5.41, 5.74) is 0.0301. The monoisotopic (exact) mass is 311 g/mol. The normalized spacial score (nSPS) is 15.6. The number of amides is 1. The molecule has 0 aliphatic heterocycles. The molecular weight excluding hydrogens is 290 g/mol. The largest absolute Gasteiger partial charge is 0.340 e. The van der Waals surface area contributed by atoms with Gasteiger partial charge in [0.1, 0.15) is 5.02 Å². The number of halogens is 1. The van der Waals surface area contributed by atoms with Crippen LogP contribution in [-0.4, -0.2) is 53.9 Å². The first-order valence-electron chi connectivity index (χ1n) is 7.33. The number of hydrogen-bond acceptors (Lipinski definition) is 3. The topological polar surface area (TPSA) is 56.4 Å². The number of carbonyl (C=O) groups is 1. The van der Waals surface area contributed by atoms with Crippen molar-refractivity contribution in [3.63, 3.8) is 0 Å². The highest BCUT2D eigenvalue weighted by atomic mass is 35.5. The molecule has 0 aromatic carbocycles. The zero-order valence-corrected chi connectivity index (χ0v) is 13.3. The Kier molecular flexibility index (Phi) is 5.42. The molecule has 21 heavy (non-hydrogen) atoms. The highest BCUT2D eigenvalue weighted by Crippen LogP contribution is 2.22. The second-order valence-electron chi connectivity index (χ2n) is 5.71. The molecule has 0 unspecified atom stereocenters. The first-order valence-corrected chi connectivity index (χ1v) is 7.71. The van der Waals surface area contributed by atoms with Gasteiger partial charge >= 0.3 is 0 Å². The Morgan fingerprint density at radius 1 is 1.33 bits per heavy atom. The molecule has 0 bridgehead atoms. The Morgan fingerprint density at radius 3 is 2.62 bits per heavy atom. The van der Waals surface area contributed by atoms with Crippen molar-refractivity contribution >= 4 is 17.5 Å². The summed E-state index contributed by atoms with van der Waals surface area (Å²) in [6.45, 7) is 1.51. The maximum absolute atomic E-state index is 12.3. The zero-order valence-electron chi connectivity index (χ0n) is 12.6. The average molecular weight is 312 g/mol. The molecule has 1 aromatic rings. The van der Waals surface area contributed by atoms with Gasteiger partial charge in [-0.1, -0.05) is 24.4 Å². The van der Waals surface area contributed by atoms with Crippen molar-refractivity contribution in [3.8, 4) is 0 Å². The fraction of sp³-hybridized carbons (Fsp3) is 0.600. The minimum absolute atomic E-state index is 0.0392. The summed E-state index contributed by atoms with van der Waals surface area (Å²) in [6, 6.07) is 2.07. The van der Waals surface area contributed by atoms with E-state index in [4.69, 9.17) is 11.6 Å². The standard InChI is InChI=1S/C15H22ClN3O2/c1-18(12-5-3-4-6-12)7-8-19(2)15(21)11-9-13(16)14(20)17-10-11/h9-10,12H,3-8H2,1-2H3,(H,17,20). The van der Waals surface area contributed by atoms with E-state index in [0.717, 1.165) is 6.54 Å². The Morgan fingerprint density at radius 2 is 2.00 bits per heavy atom. The molecule has 1 amide bonds. The predicted octanol–water partition coefficient (Wildman–Crippen LogP) is 1.97. The lowest BCUT2D eigenvalue weighted by Gasteiger charge is -2.26. The Bertz CT molecular complexity index is 552. The van der Waals surface area contributed by atoms with Crippen LogP contribution in [0.3, 0.4) is 0 Å². The number of pyridine rings is 1. The third-order valence-electron chi connectivity index (χ3n) is 4.19. The molecule has 5 nitrogen and oxygen atoms in total. The van der Waals surface area contributed by atoms with E-state index in [9.17, 15) is 9.59 Å². The highest BCUT2D eigenvalue weighted by molar-refractivity contribution is 6.30. The van der Waals surface area contributed by atoms with E-state index in [0.29, 0.717) is 18.2 Å². The van der Waals surface area contributed by atoms with Gasteiger partial charge in [0, 0.05) is 32.4 Å². The number of nitrogens with zero attached hydrogens (tertiary/aromatic N) is 2. The van der Waals surface area contributed by atoms with E-state index < -0.39 is 0 Å². The van der Waals surface area contributed by atoms with Crippen LogP contribution in [0.4, 0.5) is 0 Å². The molecule has 1 saturated carbocycles. The Hall–Kier alpha value is -1.33. The molecule has 1 fully saturated rings. The van der Waals surface area contributed by atoms with E-state index in [-0.39, 0.29) is 16.5 Å². The van der Waals surface area contributed by atoms with Crippen LogP contribution >= 0.6 is 11.6 Å². The number of aromatic amines is 1. The lowest BCUT2D eigenvalue weighted by Crippen LogP contribution is -2.38. The maximum atomic E-state index is 12.3. The summed E-state index contributed by atoms with van der Waals surface area (Å²) in [6.07, 6.45) is 6.53. The van der Waals surface area contributed by atoms with Gasteiger partial charge in [0.2, 0.25) is 0 Å². The number of rotatable bonds is 5. The first-order chi connectivity index (χ1) is 9.99. The van der Waals surface area contributed by atoms with Crippen molar-refractivity contribution in [1.82, 2.24) is 14.8 Å². The number of aromatic nitrogens is 1. The van der Waals surface area contributed by atoms with Gasteiger partial charge in [-0.2, -0.15) is 0 Å². The Labute approximate surface area is 129 Å². The van der Waals surface area contributed by atoms with Crippen LogP contribution in [0, 0.1) is 0 Å². The van der Waals surface area contributed by atoms with Crippen molar-refractivity contribution in [2.75, 3.05) is 27.2 Å². The van der Waals surface area contributed by atoms with E-state index in [1.165, 1.54) is 37.9 Å². The van der Waals surface area contributed by atoms with Gasteiger partial charge < -0.3 is 14.8 Å². The predicted molar refractivity (Wildman–Crippen MR) is 83.9 cm³/mol. The quantitative estimate of drug-likeness (QED) is 0.904. The van der Waals surface area contributed by atoms with Crippen LogP contribution in [0.15, 0.2) is 17.1 Å². The molecule has 1 aliphatic carbocycles. The zero-order chi connectivity index (χ0) is 15.4. The molecule has 2 rings (SSSR count). The van der Waals surface area contributed by atoms with Crippen molar-refractivity contribution in [1.29, 1.82) is 0 Å². The third kappa shape index (κ3) is 4.08. The molecular formula is C15H22ClN3O2. The minimum atomic E-state index is -0.378. The third-order valence-corrected chi connectivity index (χ3v) is 4.47. The van der Waals surface area contributed by atoms with Gasteiger partial charge in [0.05, 0.1) is 5.56 Å². The second kappa shape index (κ2) is 7.09. The van der Waals surface area contributed by atoms with Crippen LogP contribution in [0.5, 0.6) is 0 Å². The molecule has 1 aromatic heterocycles. The van der Waals surface area contributed by atoms with E-state index in [1.54, 1.807) is 11.9 Å². The summed E-state index contributed by atoms with van der Waals surface area (Å²) in [4.78, 5) is 29.9. The van der Waals surface area contributed by atoms with Crippen LogP contribution in [-0.2, 0) is 0 Å². The van der Waals surface area contributed by atoms with E-state index in [1.807, 2.05) is 0 Å². The fourth-order valence-electron chi connectivity index (χ4n) is 2.74. The fourth-order valence-corrected chi connectivity index (χ4v) is 2.91. The number of likely N-dealkylation sites (N-methyl/N-ethyl adjacent to an activating group) is 2. The van der Waals surface area contributed by atoms with Gasteiger partial charge in [0.15, 0.2) is 0 Å². The Balaban J connectivity index is 1.89. The molecule has 116 valence electrons. The first kappa shape index (κ1) is 16.0. The van der Waals surface area contributed by atoms with Crippen molar-refractivity contribution in [2.45, 2.75) is 31.7 Å². The van der Waals surface area contributed by atoms with Gasteiger partial charge in [-0.05, 0) is 26.0 Å². The molecule has 1 heterocycles. The lowest BCUT2D eigenvalue weighted by molar-refractivity contribution is 0.0774. The van der Waals surface area contributed by atoms with Gasteiger partial charge in [-0.25, -0.2) is 0 Å². The van der Waals surface area contributed by atoms with Crippen LogP contribution in [0.1, 0.15) is 36.0 Å². The molecule has 1 aliphatic rings. The minimum Gasteiger partial charge on any atom is -0.340 e. The van der Waals surface area contributed by atoms with E-state index in [2.05, 4.69) is 16.9 Å². The molecule has 0 atom stereocenters.